The Kier molecular flexibility index (Phi) is 2.90. The van der Waals surface area contributed by atoms with E-state index in [1.807, 2.05) is 12.1 Å². The van der Waals surface area contributed by atoms with Gasteiger partial charge in [0.1, 0.15) is 0 Å². The van der Waals surface area contributed by atoms with Crippen LogP contribution in [-0.4, -0.2) is 48.6 Å². The molecule has 5 unspecified atom stereocenters. The number of Topliss-reactive ketones (excluding diaryl/α,β-unsaturated/α-hetero) is 1. The summed E-state index contributed by atoms with van der Waals surface area (Å²) in [6.45, 7) is 0.946. The number of nitrogens with zero attached hydrogens (tertiary/aromatic N) is 1. The van der Waals surface area contributed by atoms with E-state index in [4.69, 9.17) is 9.47 Å². The number of ether oxygens (including phenoxy) is 2. The first-order valence-electron chi connectivity index (χ1n) is 8.88. The van der Waals surface area contributed by atoms with E-state index >= 15 is 0 Å². The lowest BCUT2D eigenvalue weighted by molar-refractivity contribution is -0.136. The maximum atomic E-state index is 12.8. The SMILES string of the molecule is COc1ccc2c3c1OC1C(=O)CCC4C(C2O)N(C)CCCC314. The van der Waals surface area contributed by atoms with Crippen molar-refractivity contribution >= 4 is 5.78 Å². The highest BCUT2D eigenvalue weighted by Gasteiger charge is 2.66. The number of hydrogen-bond donors (Lipinski definition) is 1. The van der Waals surface area contributed by atoms with Crippen molar-refractivity contribution in [3.63, 3.8) is 0 Å². The molecule has 1 saturated carbocycles. The minimum Gasteiger partial charge on any atom is -0.493 e. The fraction of sp³-hybridized carbons (Fsp3) is 0.632. The van der Waals surface area contributed by atoms with E-state index in [2.05, 4.69) is 11.9 Å². The zero-order valence-electron chi connectivity index (χ0n) is 14.1. The van der Waals surface area contributed by atoms with Crippen molar-refractivity contribution in [2.75, 3.05) is 20.7 Å². The summed E-state index contributed by atoms with van der Waals surface area (Å²) in [5.74, 6) is 1.83. The fourth-order valence-corrected chi connectivity index (χ4v) is 6.00. The van der Waals surface area contributed by atoms with Gasteiger partial charge in [-0.25, -0.2) is 0 Å². The molecule has 1 aromatic carbocycles. The Morgan fingerprint density at radius 3 is 3.04 bits per heavy atom. The van der Waals surface area contributed by atoms with Crippen LogP contribution in [0.1, 0.15) is 42.9 Å². The van der Waals surface area contributed by atoms with Gasteiger partial charge >= 0.3 is 0 Å². The first-order valence-corrected chi connectivity index (χ1v) is 8.88. The highest BCUT2D eigenvalue weighted by molar-refractivity contribution is 5.89. The van der Waals surface area contributed by atoms with E-state index in [9.17, 15) is 9.90 Å². The number of likely N-dealkylation sites (tertiary alicyclic amines) is 1. The summed E-state index contributed by atoms with van der Waals surface area (Å²) >= 11 is 0. The number of aliphatic hydroxyl groups is 1. The molecule has 5 heteroatoms. The molecule has 2 heterocycles. The van der Waals surface area contributed by atoms with E-state index < -0.39 is 12.2 Å². The molecule has 2 aliphatic heterocycles. The molecule has 24 heavy (non-hydrogen) atoms. The summed E-state index contributed by atoms with van der Waals surface area (Å²) in [6.07, 6.45) is 2.37. The van der Waals surface area contributed by atoms with Crippen LogP contribution in [0.4, 0.5) is 0 Å². The van der Waals surface area contributed by atoms with Gasteiger partial charge < -0.3 is 19.5 Å². The molecule has 1 saturated heterocycles. The summed E-state index contributed by atoms with van der Waals surface area (Å²) in [5.41, 5.74) is 1.70. The van der Waals surface area contributed by atoms with E-state index in [0.717, 1.165) is 36.9 Å². The summed E-state index contributed by atoms with van der Waals surface area (Å²) in [6, 6.07) is 3.89. The average Bonchev–Trinajstić information content (AvgIpc) is 2.86. The van der Waals surface area contributed by atoms with Crippen molar-refractivity contribution in [2.45, 2.75) is 49.3 Å². The van der Waals surface area contributed by atoms with Gasteiger partial charge in [0.25, 0.3) is 0 Å². The van der Waals surface area contributed by atoms with Crippen LogP contribution in [0.5, 0.6) is 11.5 Å². The lowest BCUT2D eigenvalue weighted by atomic mass is 9.53. The van der Waals surface area contributed by atoms with Crippen LogP contribution in [0.25, 0.3) is 0 Å². The van der Waals surface area contributed by atoms with Gasteiger partial charge in [0.15, 0.2) is 23.4 Å². The molecule has 1 N–H and O–H groups in total. The first kappa shape index (κ1) is 14.7. The standard InChI is InChI=1S/C19H23NO4/c1-20-9-3-8-19-11-5-6-12(21)18(19)24-17-13(23-2)7-4-10(14(17)19)16(22)15(11)20/h4,7,11,15-16,18,22H,3,5-6,8-9H2,1-2H3. The van der Waals surface area contributed by atoms with Crippen LogP contribution < -0.4 is 9.47 Å². The molecule has 5 nitrogen and oxygen atoms in total. The number of benzene rings is 1. The van der Waals surface area contributed by atoms with Crippen LogP contribution in [-0.2, 0) is 10.2 Å². The summed E-state index contributed by atoms with van der Waals surface area (Å²) in [4.78, 5) is 15.0. The Hall–Kier alpha value is -1.59. The lowest BCUT2D eigenvalue weighted by Crippen LogP contribution is -2.60. The smallest absolute Gasteiger partial charge is 0.174 e. The highest BCUT2D eigenvalue weighted by Crippen LogP contribution is 2.64. The van der Waals surface area contributed by atoms with E-state index in [0.29, 0.717) is 17.9 Å². The Bertz CT molecular complexity index is 732. The fourth-order valence-electron chi connectivity index (χ4n) is 6.00. The molecule has 2 fully saturated rings. The Balaban J connectivity index is 1.85. The predicted molar refractivity (Wildman–Crippen MR) is 87.4 cm³/mol. The largest absolute Gasteiger partial charge is 0.493 e. The van der Waals surface area contributed by atoms with Crippen molar-refractivity contribution in [1.29, 1.82) is 0 Å². The first-order chi connectivity index (χ1) is 11.6. The van der Waals surface area contributed by atoms with E-state index in [1.54, 1.807) is 7.11 Å². The maximum absolute atomic E-state index is 12.8. The van der Waals surface area contributed by atoms with Gasteiger partial charge in [0.2, 0.25) is 0 Å². The third-order valence-corrected chi connectivity index (χ3v) is 6.86. The van der Waals surface area contributed by atoms with Gasteiger partial charge in [-0.15, -0.1) is 0 Å². The Morgan fingerprint density at radius 1 is 1.42 bits per heavy atom. The number of carbonyl (C=O) groups excluding carboxylic acids is 1. The van der Waals surface area contributed by atoms with Gasteiger partial charge in [-0.2, -0.15) is 0 Å². The number of aliphatic hydroxyl groups excluding tert-OH is 1. The molecule has 5 atom stereocenters. The van der Waals surface area contributed by atoms with Crippen molar-refractivity contribution in [3.8, 4) is 11.5 Å². The number of hydrogen-bond acceptors (Lipinski definition) is 5. The molecule has 5 rings (SSSR count). The summed E-state index contributed by atoms with van der Waals surface area (Å²) in [7, 11) is 3.73. The van der Waals surface area contributed by atoms with Crippen molar-refractivity contribution in [1.82, 2.24) is 4.90 Å². The second-order valence-corrected chi connectivity index (χ2v) is 7.73. The molecule has 0 radical (unpaired) electrons. The number of carbonyl (C=O) groups is 1. The van der Waals surface area contributed by atoms with E-state index in [1.165, 1.54) is 0 Å². The van der Waals surface area contributed by atoms with Crippen LogP contribution in [0.15, 0.2) is 12.1 Å². The van der Waals surface area contributed by atoms with Crippen LogP contribution in [0, 0.1) is 5.92 Å². The monoisotopic (exact) mass is 329 g/mol. The number of rotatable bonds is 1. The topological polar surface area (TPSA) is 59.0 Å². The second-order valence-electron chi connectivity index (χ2n) is 7.73. The maximum Gasteiger partial charge on any atom is 0.174 e. The third-order valence-electron chi connectivity index (χ3n) is 6.86. The molecule has 0 aromatic heterocycles. The minimum atomic E-state index is -0.540. The van der Waals surface area contributed by atoms with Crippen LogP contribution >= 0.6 is 0 Å². The van der Waals surface area contributed by atoms with Gasteiger partial charge in [-0.1, -0.05) is 6.07 Å². The number of ketones is 1. The molecular formula is C19H23NO4. The second kappa shape index (κ2) is 4.73. The van der Waals surface area contributed by atoms with Crippen LogP contribution in [0.3, 0.4) is 0 Å². The molecule has 0 amide bonds. The molecular weight excluding hydrogens is 306 g/mol. The normalized spacial score (nSPS) is 39.9. The van der Waals surface area contributed by atoms with Crippen molar-refractivity contribution < 1.29 is 19.4 Å². The number of likely N-dealkylation sites (N-methyl/N-ethyl adjacent to an activating group) is 1. The quantitative estimate of drug-likeness (QED) is 0.852. The van der Waals surface area contributed by atoms with Gasteiger partial charge in [-0.05, 0) is 50.4 Å². The zero-order chi connectivity index (χ0) is 16.6. The van der Waals surface area contributed by atoms with Crippen molar-refractivity contribution in [2.24, 2.45) is 5.92 Å². The van der Waals surface area contributed by atoms with E-state index in [-0.39, 0.29) is 23.2 Å². The summed E-state index contributed by atoms with van der Waals surface area (Å²) < 4.78 is 11.8. The Morgan fingerprint density at radius 2 is 2.25 bits per heavy atom. The lowest BCUT2D eigenvalue weighted by Gasteiger charge is -2.52. The van der Waals surface area contributed by atoms with Gasteiger partial charge in [-0.3, -0.25) is 4.79 Å². The van der Waals surface area contributed by atoms with Gasteiger partial charge in [0.05, 0.1) is 13.2 Å². The highest BCUT2D eigenvalue weighted by atomic mass is 16.5. The molecule has 1 spiro atoms. The predicted octanol–water partition coefficient (Wildman–Crippen LogP) is 1.81. The minimum absolute atomic E-state index is 0.0542. The summed E-state index contributed by atoms with van der Waals surface area (Å²) in [5, 5.41) is 11.2. The van der Waals surface area contributed by atoms with Gasteiger partial charge in [0, 0.05) is 23.4 Å². The molecule has 128 valence electrons. The third kappa shape index (κ3) is 1.51. The molecule has 4 aliphatic rings. The molecule has 2 aliphatic carbocycles. The average molecular weight is 329 g/mol. The zero-order valence-corrected chi connectivity index (χ0v) is 14.1. The molecule has 1 aromatic rings. The van der Waals surface area contributed by atoms with Crippen LogP contribution in [0.2, 0.25) is 0 Å². The molecule has 2 bridgehead atoms. The number of methoxy groups -OCH3 is 1. The van der Waals surface area contributed by atoms with Crippen molar-refractivity contribution in [3.05, 3.63) is 23.3 Å². The Labute approximate surface area is 141 Å².